The maximum atomic E-state index is 12.1. The minimum atomic E-state index is -0.514. The molecule has 0 unspecified atom stereocenters. The summed E-state index contributed by atoms with van der Waals surface area (Å²) in [5, 5.41) is 6.87. The van der Waals surface area contributed by atoms with Crippen molar-refractivity contribution in [3.63, 3.8) is 0 Å². The van der Waals surface area contributed by atoms with Crippen molar-refractivity contribution in [1.82, 2.24) is 10.7 Å². The zero-order valence-electron chi connectivity index (χ0n) is 16.8. The molecule has 10 heteroatoms. The zero-order chi connectivity index (χ0) is 23.8. The number of amides is 2. The van der Waals surface area contributed by atoms with Crippen LogP contribution in [0.25, 0.3) is 0 Å². The van der Waals surface area contributed by atoms with Gasteiger partial charge in [0.15, 0.2) is 0 Å². The molecule has 0 atom stereocenters. The van der Waals surface area contributed by atoms with Crippen LogP contribution in [0.2, 0.25) is 10.0 Å². The lowest BCUT2D eigenvalue weighted by molar-refractivity contribution is -0.120. The number of benzene rings is 3. The van der Waals surface area contributed by atoms with Crippen LogP contribution >= 0.6 is 39.1 Å². The SMILES string of the molecule is O=C(CNC(=O)c1ccc(Cl)c(Cl)c1)N/N=C\c1ccc(OC(=O)c2ccc(Br)cc2)cc1. The van der Waals surface area contributed by atoms with E-state index < -0.39 is 17.8 Å². The van der Waals surface area contributed by atoms with E-state index in [0.717, 1.165) is 4.47 Å². The number of hydrogen-bond donors (Lipinski definition) is 2. The van der Waals surface area contributed by atoms with E-state index in [9.17, 15) is 14.4 Å². The first-order valence-electron chi connectivity index (χ1n) is 9.45. The van der Waals surface area contributed by atoms with Crippen molar-refractivity contribution in [1.29, 1.82) is 0 Å². The predicted octanol–water partition coefficient (Wildman–Crippen LogP) is 4.86. The molecule has 7 nitrogen and oxygen atoms in total. The highest BCUT2D eigenvalue weighted by atomic mass is 79.9. The molecule has 3 aromatic carbocycles. The van der Waals surface area contributed by atoms with Crippen molar-refractivity contribution >= 4 is 63.1 Å². The summed E-state index contributed by atoms with van der Waals surface area (Å²) in [7, 11) is 0. The fourth-order valence-corrected chi connectivity index (χ4v) is 3.05. The van der Waals surface area contributed by atoms with Crippen LogP contribution in [-0.2, 0) is 4.79 Å². The van der Waals surface area contributed by atoms with Crippen molar-refractivity contribution < 1.29 is 19.1 Å². The fourth-order valence-electron chi connectivity index (χ4n) is 2.49. The summed E-state index contributed by atoms with van der Waals surface area (Å²) in [4.78, 5) is 36.1. The number of carbonyl (C=O) groups is 3. The summed E-state index contributed by atoms with van der Waals surface area (Å²) in [5.74, 6) is -1.09. The van der Waals surface area contributed by atoms with E-state index in [-0.39, 0.29) is 17.1 Å². The van der Waals surface area contributed by atoms with Gasteiger partial charge in [-0.2, -0.15) is 5.10 Å². The van der Waals surface area contributed by atoms with Gasteiger partial charge < -0.3 is 10.1 Å². The standard InChI is InChI=1S/C23H16BrCl2N3O4/c24-17-6-3-15(4-7-17)23(32)33-18-8-1-14(2-9-18)12-28-29-21(30)13-27-22(31)16-5-10-19(25)20(26)11-16/h1-12H,13H2,(H,27,31)(H,29,30)/b28-12-. The van der Waals surface area contributed by atoms with Crippen LogP contribution in [0.3, 0.4) is 0 Å². The van der Waals surface area contributed by atoms with Crippen molar-refractivity contribution in [2.24, 2.45) is 5.10 Å². The number of halogens is 3. The van der Waals surface area contributed by atoms with Crippen molar-refractivity contribution in [3.8, 4) is 5.75 Å². The molecule has 0 spiro atoms. The summed E-state index contributed by atoms with van der Waals surface area (Å²) in [6.45, 7) is -0.276. The number of hydrazone groups is 1. The Hall–Kier alpha value is -3.20. The minimum absolute atomic E-state index is 0.243. The van der Waals surface area contributed by atoms with Gasteiger partial charge in [-0.25, -0.2) is 10.2 Å². The van der Waals surface area contributed by atoms with Gasteiger partial charge >= 0.3 is 5.97 Å². The smallest absolute Gasteiger partial charge is 0.343 e. The average molecular weight is 549 g/mol. The van der Waals surface area contributed by atoms with Crippen LogP contribution in [0.15, 0.2) is 76.3 Å². The van der Waals surface area contributed by atoms with Crippen LogP contribution in [0.4, 0.5) is 0 Å². The number of esters is 1. The van der Waals surface area contributed by atoms with Gasteiger partial charge in [-0.05, 0) is 72.3 Å². The van der Waals surface area contributed by atoms with E-state index in [2.05, 4.69) is 31.8 Å². The Bertz CT molecular complexity index is 1200. The van der Waals surface area contributed by atoms with E-state index in [1.54, 1.807) is 48.5 Å². The molecule has 2 amide bonds. The van der Waals surface area contributed by atoms with Gasteiger partial charge in [0.25, 0.3) is 11.8 Å². The molecule has 0 aliphatic heterocycles. The average Bonchev–Trinajstić information content (AvgIpc) is 2.81. The quantitative estimate of drug-likeness (QED) is 0.191. The first kappa shape index (κ1) is 24.4. The molecule has 0 heterocycles. The molecule has 0 radical (unpaired) electrons. The minimum Gasteiger partial charge on any atom is -0.423 e. The number of nitrogens with zero attached hydrogens (tertiary/aromatic N) is 1. The molecule has 2 N–H and O–H groups in total. The molecule has 0 saturated carbocycles. The van der Waals surface area contributed by atoms with E-state index in [4.69, 9.17) is 27.9 Å². The Morgan fingerprint density at radius 2 is 1.58 bits per heavy atom. The number of ether oxygens (including phenoxy) is 1. The second-order valence-corrected chi connectivity index (χ2v) is 8.30. The van der Waals surface area contributed by atoms with E-state index in [1.165, 1.54) is 24.4 Å². The topological polar surface area (TPSA) is 96.9 Å². The van der Waals surface area contributed by atoms with E-state index in [1.807, 2.05) is 0 Å². The first-order valence-corrected chi connectivity index (χ1v) is 11.0. The Labute approximate surface area is 207 Å². The highest BCUT2D eigenvalue weighted by molar-refractivity contribution is 9.10. The third kappa shape index (κ3) is 7.42. The lowest BCUT2D eigenvalue weighted by Crippen LogP contribution is -2.34. The Morgan fingerprint density at radius 1 is 0.909 bits per heavy atom. The summed E-state index contributed by atoms with van der Waals surface area (Å²) >= 11 is 15.0. The molecular weight excluding hydrogens is 533 g/mol. The second kappa shape index (κ2) is 11.6. The molecule has 0 fully saturated rings. The monoisotopic (exact) mass is 547 g/mol. The molecule has 0 aliphatic carbocycles. The molecule has 3 rings (SSSR count). The molecule has 0 saturated heterocycles. The van der Waals surface area contributed by atoms with Crippen molar-refractivity contribution in [2.45, 2.75) is 0 Å². The lowest BCUT2D eigenvalue weighted by Gasteiger charge is -2.06. The fraction of sp³-hybridized carbons (Fsp3) is 0.0435. The van der Waals surface area contributed by atoms with Gasteiger partial charge in [-0.3, -0.25) is 9.59 Å². The molecular formula is C23H16BrCl2N3O4. The number of nitrogens with one attached hydrogen (secondary N) is 2. The maximum absolute atomic E-state index is 12.1. The number of rotatable bonds is 7. The molecule has 0 aliphatic rings. The van der Waals surface area contributed by atoms with Gasteiger partial charge in [0.1, 0.15) is 5.75 Å². The molecule has 3 aromatic rings. The summed E-state index contributed by atoms with van der Waals surface area (Å²) in [6.07, 6.45) is 1.42. The van der Waals surface area contributed by atoms with Gasteiger partial charge in [0.2, 0.25) is 0 Å². The normalized spacial score (nSPS) is 10.6. The number of hydrogen-bond acceptors (Lipinski definition) is 5. The van der Waals surface area contributed by atoms with Gasteiger partial charge in [0, 0.05) is 10.0 Å². The largest absolute Gasteiger partial charge is 0.423 e. The van der Waals surface area contributed by atoms with Gasteiger partial charge in [-0.1, -0.05) is 39.1 Å². The van der Waals surface area contributed by atoms with Gasteiger partial charge in [-0.15, -0.1) is 0 Å². The third-order valence-electron chi connectivity index (χ3n) is 4.16. The summed E-state index contributed by atoms with van der Waals surface area (Å²) in [6, 6.07) is 17.8. The predicted molar refractivity (Wildman–Crippen MR) is 130 cm³/mol. The van der Waals surface area contributed by atoms with Crippen molar-refractivity contribution in [2.75, 3.05) is 6.54 Å². The highest BCUT2D eigenvalue weighted by Gasteiger charge is 2.10. The molecule has 0 aromatic heterocycles. The van der Waals surface area contributed by atoms with Gasteiger partial charge in [0.05, 0.1) is 28.4 Å². The van der Waals surface area contributed by atoms with Crippen LogP contribution in [0, 0.1) is 0 Å². The molecule has 168 valence electrons. The van der Waals surface area contributed by atoms with Crippen LogP contribution < -0.4 is 15.5 Å². The highest BCUT2D eigenvalue weighted by Crippen LogP contribution is 2.22. The van der Waals surface area contributed by atoms with E-state index in [0.29, 0.717) is 21.9 Å². The maximum Gasteiger partial charge on any atom is 0.343 e. The zero-order valence-corrected chi connectivity index (χ0v) is 19.9. The van der Waals surface area contributed by atoms with Crippen molar-refractivity contribution in [3.05, 3.63) is 97.9 Å². The first-order chi connectivity index (χ1) is 15.8. The van der Waals surface area contributed by atoms with E-state index >= 15 is 0 Å². The second-order valence-electron chi connectivity index (χ2n) is 6.57. The number of carbonyl (C=O) groups excluding carboxylic acids is 3. The Kier molecular flexibility index (Phi) is 8.59. The summed E-state index contributed by atoms with van der Waals surface area (Å²) in [5.41, 5.74) is 3.68. The van der Waals surface area contributed by atoms with Crippen LogP contribution in [0.5, 0.6) is 5.75 Å². The third-order valence-corrected chi connectivity index (χ3v) is 5.43. The summed E-state index contributed by atoms with van der Waals surface area (Å²) < 4.78 is 6.18. The molecule has 33 heavy (non-hydrogen) atoms. The Balaban J connectivity index is 1.45. The van der Waals surface area contributed by atoms with Crippen LogP contribution in [0.1, 0.15) is 26.3 Å². The Morgan fingerprint density at radius 3 is 2.24 bits per heavy atom. The van der Waals surface area contributed by atoms with Crippen LogP contribution in [-0.4, -0.2) is 30.5 Å². The molecule has 0 bridgehead atoms. The lowest BCUT2D eigenvalue weighted by atomic mass is 10.2.